The molecule has 0 aromatic heterocycles. The highest BCUT2D eigenvalue weighted by molar-refractivity contribution is 7.98. The molecule has 0 saturated carbocycles. The van der Waals surface area contributed by atoms with E-state index in [1.54, 1.807) is 30.0 Å². The van der Waals surface area contributed by atoms with Gasteiger partial charge >= 0.3 is 0 Å². The van der Waals surface area contributed by atoms with Crippen LogP contribution in [0, 0.1) is 6.92 Å². The molecule has 164 valence electrons. The molecule has 0 heterocycles. The van der Waals surface area contributed by atoms with Gasteiger partial charge in [-0.25, -0.2) is 8.42 Å². The van der Waals surface area contributed by atoms with Crippen molar-refractivity contribution in [2.75, 3.05) is 29.4 Å². The Bertz CT molecular complexity index is 968. The summed E-state index contributed by atoms with van der Waals surface area (Å²) in [5.74, 6) is 1.47. The van der Waals surface area contributed by atoms with E-state index < -0.39 is 10.0 Å². The maximum Gasteiger partial charge on any atom is 0.232 e. The molecule has 0 unspecified atom stereocenters. The maximum absolute atomic E-state index is 12.2. The Morgan fingerprint density at radius 2 is 1.90 bits per heavy atom. The fraction of sp³-hybridized carbons (Fsp3) is 0.381. The minimum Gasteiger partial charge on any atom is -0.355 e. The largest absolute Gasteiger partial charge is 0.355 e. The van der Waals surface area contributed by atoms with Crippen LogP contribution in [0.25, 0.3) is 0 Å². The second-order valence-corrected chi connectivity index (χ2v) is 10.7. The van der Waals surface area contributed by atoms with Crippen LogP contribution in [0.15, 0.2) is 42.5 Å². The normalized spacial score (nSPS) is 11.3. The summed E-state index contributed by atoms with van der Waals surface area (Å²) < 4.78 is 25.8. The first-order valence-corrected chi connectivity index (χ1v) is 13.3. The van der Waals surface area contributed by atoms with Gasteiger partial charge in [0, 0.05) is 41.1 Å². The summed E-state index contributed by atoms with van der Waals surface area (Å²) in [6, 6.07) is 12.8. The highest BCUT2D eigenvalue weighted by atomic mass is 35.5. The first-order valence-electron chi connectivity index (χ1n) is 9.50. The molecule has 0 aliphatic heterocycles. The summed E-state index contributed by atoms with van der Waals surface area (Å²) in [5.41, 5.74) is 2.43. The van der Waals surface area contributed by atoms with Crippen LogP contribution in [0.4, 0.5) is 5.69 Å². The summed E-state index contributed by atoms with van der Waals surface area (Å²) >= 11 is 13.9. The highest BCUT2D eigenvalue weighted by Gasteiger charge is 2.19. The first-order chi connectivity index (χ1) is 14.2. The first kappa shape index (κ1) is 24.9. The van der Waals surface area contributed by atoms with E-state index in [0.29, 0.717) is 23.7 Å². The molecule has 2 aromatic carbocycles. The summed E-state index contributed by atoms with van der Waals surface area (Å²) in [4.78, 5) is 12.1. The summed E-state index contributed by atoms with van der Waals surface area (Å²) in [6.45, 7) is 2.60. The van der Waals surface area contributed by atoms with E-state index in [9.17, 15) is 13.2 Å². The number of sulfonamides is 1. The van der Waals surface area contributed by atoms with Crippen molar-refractivity contribution < 1.29 is 13.2 Å². The van der Waals surface area contributed by atoms with Crippen molar-refractivity contribution >= 4 is 56.6 Å². The number of nitrogens with one attached hydrogen (secondary N) is 1. The maximum atomic E-state index is 12.2. The van der Waals surface area contributed by atoms with E-state index in [1.165, 1.54) is 4.31 Å². The standard InChI is InChI=1S/C21H26Cl2N2O3S2/c1-16-9-10-18(22)14-20(16)25(30(2,27)28)12-5-8-21(26)24-11-13-29-15-17-6-3-4-7-19(17)23/h3-4,6-7,9-10,14H,5,8,11-13,15H2,1-2H3,(H,24,26). The number of rotatable bonds is 11. The molecule has 0 saturated heterocycles. The van der Waals surface area contributed by atoms with Crippen molar-refractivity contribution in [3.63, 3.8) is 0 Å². The number of benzene rings is 2. The van der Waals surface area contributed by atoms with Crippen molar-refractivity contribution in [2.24, 2.45) is 0 Å². The highest BCUT2D eigenvalue weighted by Crippen LogP contribution is 2.26. The van der Waals surface area contributed by atoms with Crippen LogP contribution < -0.4 is 9.62 Å². The van der Waals surface area contributed by atoms with Crippen LogP contribution >= 0.6 is 35.0 Å². The molecule has 0 fully saturated rings. The van der Waals surface area contributed by atoms with Crippen LogP contribution in [-0.4, -0.2) is 39.4 Å². The van der Waals surface area contributed by atoms with Crippen LogP contribution in [0.5, 0.6) is 0 Å². The zero-order valence-corrected chi connectivity index (χ0v) is 20.2. The van der Waals surface area contributed by atoms with Crippen LogP contribution in [0.1, 0.15) is 24.0 Å². The minimum absolute atomic E-state index is 0.0930. The van der Waals surface area contributed by atoms with Gasteiger partial charge in [-0.1, -0.05) is 47.5 Å². The molecule has 1 amide bonds. The zero-order chi connectivity index (χ0) is 22.1. The van der Waals surface area contributed by atoms with Gasteiger partial charge in [0.05, 0.1) is 11.9 Å². The SMILES string of the molecule is Cc1ccc(Cl)cc1N(CCCC(=O)NCCSCc1ccccc1Cl)S(C)(=O)=O. The number of carbonyl (C=O) groups is 1. The summed E-state index contributed by atoms with van der Waals surface area (Å²) in [7, 11) is -3.48. The minimum atomic E-state index is -3.48. The number of aryl methyl sites for hydroxylation is 1. The van der Waals surface area contributed by atoms with Gasteiger partial charge in [0.1, 0.15) is 0 Å². The molecule has 2 aromatic rings. The molecule has 0 atom stereocenters. The van der Waals surface area contributed by atoms with Crippen molar-refractivity contribution in [3.05, 3.63) is 63.6 Å². The third-order valence-electron chi connectivity index (χ3n) is 4.39. The quantitative estimate of drug-likeness (QED) is 0.456. The van der Waals surface area contributed by atoms with Crippen molar-refractivity contribution in [3.8, 4) is 0 Å². The fourth-order valence-corrected chi connectivity index (χ4v) is 5.17. The predicted molar refractivity (Wildman–Crippen MR) is 128 cm³/mol. The number of nitrogens with zero attached hydrogens (tertiary/aromatic N) is 1. The number of hydrogen-bond acceptors (Lipinski definition) is 4. The predicted octanol–water partition coefficient (Wildman–Crippen LogP) is 4.90. The third-order valence-corrected chi connectivity index (χ3v) is 7.18. The molecule has 0 spiro atoms. The van der Waals surface area contributed by atoms with Gasteiger partial charge in [0.15, 0.2) is 0 Å². The third kappa shape index (κ3) is 8.02. The van der Waals surface area contributed by atoms with Crippen molar-refractivity contribution in [1.82, 2.24) is 5.32 Å². The second-order valence-electron chi connectivity index (χ2n) is 6.86. The molecule has 5 nitrogen and oxygen atoms in total. The Labute approximate surface area is 193 Å². The van der Waals surface area contributed by atoms with Crippen LogP contribution in [-0.2, 0) is 20.6 Å². The average Bonchev–Trinajstić information content (AvgIpc) is 2.67. The van der Waals surface area contributed by atoms with Gasteiger partial charge in [-0.15, -0.1) is 0 Å². The lowest BCUT2D eigenvalue weighted by Gasteiger charge is -2.24. The Kier molecular flexibility index (Phi) is 9.81. The Hall–Kier alpha value is -1.41. The summed E-state index contributed by atoms with van der Waals surface area (Å²) in [6.07, 6.45) is 1.82. The van der Waals surface area contributed by atoms with Crippen LogP contribution in [0.3, 0.4) is 0 Å². The smallest absolute Gasteiger partial charge is 0.232 e. The Morgan fingerprint density at radius 3 is 2.60 bits per heavy atom. The van der Waals surface area contributed by atoms with Crippen LogP contribution in [0.2, 0.25) is 10.0 Å². The van der Waals surface area contributed by atoms with E-state index >= 15 is 0 Å². The Morgan fingerprint density at radius 1 is 1.17 bits per heavy atom. The van der Waals surface area contributed by atoms with E-state index in [2.05, 4.69) is 5.32 Å². The van der Waals surface area contributed by atoms with Gasteiger partial charge in [-0.3, -0.25) is 9.10 Å². The van der Waals surface area contributed by atoms with Crippen molar-refractivity contribution in [1.29, 1.82) is 0 Å². The van der Waals surface area contributed by atoms with Crippen molar-refractivity contribution in [2.45, 2.75) is 25.5 Å². The van der Waals surface area contributed by atoms with E-state index in [1.807, 2.05) is 31.2 Å². The lowest BCUT2D eigenvalue weighted by molar-refractivity contribution is -0.121. The molecule has 0 aliphatic rings. The van der Waals surface area contributed by atoms with Gasteiger partial charge in [0.2, 0.25) is 15.9 Å². The van der Waals surface area contributed by atoms with Gasteiger partial charge in [-0.2, -0.15) is 11.8 Å². The number of halogens is 2. The molecule has 0 bridgehead atoms. The number of carbonyl (C=O) groups excluding carboxylic acids is 1. The van der Waals surface area contributed by atoms with E-state index in [-0.39, 0.29) is 18.9 Å². The molecular weight excluding hydrogens is 463 g/mol. The molecule has 0 radical (unpaired) electrons. The number of anilines is 1. The average molecular weight is 489 g/mol. The fourth-order valence-electron chi connectivity index (χ4n) is 2.85. The summed E-state index contributed by atoms with van der Waals surface area (Å²) in [5, 5.41) is 4.09. The lowest BCUT2D eigenvalue weighted by atomic mass is 10.2. The molecule has 1 N–H and O–H groups in total. The zero-order valence-electron chi connectivity index (χ0n) is 17.0. The molecule has 2 rings (SSSR count). The molecular formula is C21H26Cl2N2O3S2. The van der Waals surface area contributed by atoms with Gasteiger partial charge in [-0.05, 0) is 42.7 Å². The topological polar surface area (TPSA) is 66.5 Å². The van der Waals surface area contributed by atoms with E-state index in [0.717, 1.165) is 33.9 Å². The van der Waals surface area contributed by atoms with Gasteiger partial charge < -0.3 is 5.32 Å². The number of hydrogen-bond donors (Lipinski definition) is 1. The lowest BCUT2D eigenvalue weighted by Crippen LogP contribution is -2.33. The van der Waals surface area contributed by atoms with Gasteiger partial charge in [0.25, 0.3) is 0 Å². The monoisotopic (exact) mass is 488 g/mol. The Balaban J connectivity index is 1.75. The second kappa shape index (κ2) is 11.8. The molecule has 30 heavy (non-hydrogen) atoms. The van der Waals surface area contributed by atoms with E-state index in [4.69, 9.17) is 23.2 Å². The molecule has 9 heteroatoms. The molecule has 0 aliphatic carbocycles. The number of thioether (sulfide) groups is 1. The number of amides is 1.